The lowest BCUT2D eigenvalue weighted by atomic mass is 10.0. The molecule has 0 aromatic heterocycles. The van der Waals surface area contributed by atoms with Crippen molar-refractivity contribution in [2.24, 2.45) is 5.92 Å². The van der Waals surface area contributed by atoms with Gasteiger partial charge in [-0.2, -0.15) is 23.5 Å². The van der Waals surface area contributed by atoms with Gasteiger partial charge in [0, 0.05) is 56.0 Å². The van der Waals surface area contributed by atoms with Crippen LogP contribution in [0.4, 0.5) is 0 Å². The summed E-state index contributed by atoms with van der Waals surface area (Å²) in [4.78, 5) is 54.6. The van der Waals surface area contributed by atoms with Crippen molar-refractivity contribution in [1.29, 1.82) is 0 Å². The summed E-state index contributed by atoms with van der Waals surface area (Å²) in [6.07, 6.45) is 4.64. The standard InChI is InChI=1S/C35H47N3O5S2/c1-5-25(2)20-33(41)36-31(22-27-11-13-30(40)14-12-27)34(42)38-16-7-10-32(38)35(43)37(4)17-19-45-24-29-9-6-8-28(21-29)23-44-18-15-26(3)39/h6,8-9,11-14,21-22,25,32,40H,5,7,10,15-20,23-24H2,1-4H3,(H,36,41)/b31-22+/t25-,32?/m0/s1. The number of benzene rings is 2. The molecular formula is C35H47N3O5S2. The molecule has 1 aliphatic rings. The van der Waals surface area contributed by atoms with Crippen molar-refractivity contribution in [2.45, 2.75) is 70.4 Å². The Morgan fingerprint density at radius 3 is 2.38 bits per heavy atom. The van der Waals surface area contributed by atoms with Crippen LogP contribution in [0.2, 0.25) is 0 Å². The Hall–Kier alpha value is -3.24. The van der Waals surface area contributed by atoms with Gasteiger partial charge in [-0.15, -0.1) is 0 Å². The van der Waals surface area contributed by atoms with Crippen LogP contribution in [0, 0.1) is 5.92 Å². The summed E-state index contributed by atoms with van der Waals surface area (Å²) < 4.78 is 0. The van der Waals surface area contributed by atoms with Crippen LogP contribution in [0.5, 0.6) is 5.75 Å². The van der Waals surface area contributed by atoms with Gasteiger partial charge in [0.05, 0.1) is 0 Å². The molecule has 1 aliphatic heterocycles. The number of carbonyl (C=O) groups excluding carboxylic acids is 4. The molecule has 1 unspecified atom stereocenters. The number of hydrogen-bond acceptors (Lipinski definition) is 7. The Kier molecular flexibility index (Phi) is 15.0. The number of nitrogens with one attached hydrogen (secondary N) is 1. The number of aromatic hydroxyl groups is 1. The molecular weight excluding hydrogens is 607 g/mol. The van der Waals surface area contributed by atoms with Gasteiger partial charge in [0.25, 0.3) is 5.91 Å². The van der Waals surface area contributed by atoms with Crippen molar-refractivity contribution < 1.29 is 24.3 Å². The molecule has 1 saturated heterocycles. The largest absolute Gasteiger partial charge is 0.508 e. The van der Waals surface area contributed by atoms with E-state index in [1.807, 2.05) is 13.8 Å². The fraction of sp³-hybridized carbons (Fsp3) is 0.486. The minimum Gasteiger partial charge on any atom is -0.508 e. The van der Waals surface area contributed by atoms with Gasteiger partial charge in [-0.05, 0) is 60.6 Å². The number of phenolic OH excluding ortho intramolecular Hbond substituents is 1. The zero-order valence-electron chi connectivity index (χ0n) is 26.9. The van der Waals surface area contributed by atoms with E-state index in [2.05, 4.69) is 29.6 Å². The number of likely N-dealkylation sites (N-methyl/N-ethyl adjacent to an activating group) is 1. The number of thioether (sulfide) groups is 2. The van der Waals surface area contributed by atoms with Gasteiger partial charge in [0.2, 0.25) is 11.8 Å². The third kappa shape index (κ3) is 12.2. The number of likely N-dealkylation sites (tertiary alicyclic amines) is 1. The van der Waals surface area contributed by atoms with E-state index in [1.54, 1.807) is 65.5 Å². The predicted octanol–water partition coefficient (Wildman–Crippen LogP) is 5.88. The molecule has 10 heteroatoms. The Morgan fingerprint density at radius 1 is 1.07 bits per heavy atom. The first-order valence-corrected chi connectivity index (χ1v) is 18.0. The summed E-state index contributed by atoms with van der Waals surface area (Å²) in [5.74, 6) is 3.11. The van der Waals surface area contributed by atoms with E-state index < -0.39 is 6.04 Å². The van der Waals surface area contributed by atoms with Crippen LogP contribution < -0.4 is 5.32 Å². The number of nitrogens with zero attached hydrogens (tertiary/aromatic N) is 2. The minimum absolute atomic E-state index is 0.0963. The van der Waals surface area contributed by atoms with Gasteiger partial charge < -0.3 is 20.2 Å². The van der Waals surface area contributed by atoms with E-state index in [9.17, 15) is 24.3 Å². The highest BCUT2D eigenvalue weighted by molar-refractivity contribution is 7.98. The van der Waals surface area contributed by atoms with E-state index >= 15 is 0 Å². The molecule has 0 saturated carbocycles. The Bertz CT molecular complexity index is 1330. The average Bonchev–Trinajstić information content (AvgIpc) is 3.51. The predicted molar refractivity (Wildman–Crippen MR) is 185 cm³/mol. The first kappa shape index (κ1) is 36.2. The number of hydrogen-bond donors (Lipinski definition) is 2. The monoisotopic (exact) mass is 653 g/mol. The Balaban J connectivity index is 1.57. The molecule has 0 bridgehead atoms. The van der Waals surface area contributed by atoms with Gasteiger partial charge in [-0.1, -0.05) is 56.7 Å². The normalized spacial score (nSPS) is 15.5. The number of phenols is 1. The molecule has 0 aliphatic carbocycles. The quantitative estimate of drug-likeness (QED) is 0.162. The topological polar surface area (TPSA) is 107 Å². The third-order valence-electron chi connectivity index (χ3n) is 7.81. The number of ketones is 1. The molecule has 3 rings (SSSR count). The van der Waals surface area contributed by atoms with E-state index in [4.69, 9.17) is 0 Å². The van der Waals surface area contributed by atoms with Crippen LogP contribution in [0.15, 0.2) is 54.2 Å². The second-order valence-electron chi connectivity index (χ2n) is 11.7. The molecule has 2 atom stereocenters. The summed E-state index contributed by atoms with van der Waals surface area (Å²) in [5, 5.41) is 12.5. The molecule has 0 radical (unpaired) electrons. The Labute approximate surface area is 276 Å². The molecule has 2 N–H and O–H groups in total. The Morgan fingerprint density at radius 2 is 1.73 bits per heavy atom. The molecule has 8 nitrogen and oxygen atoms in total. The van der Waals surface area contributed by atoms with Crippen molar-refractivity contribution in [1.82, 2.24) is 15.1 Å². The van der Waals surface area contributed by atoms with Crippen molar-refractivity contribution in [2.75, 3.05) is 31.6 Å². The van der Waals surface area contributed by atoms with Crippen LogP contribution in [0.3, 0.4) is 0 Å². The smallest absolute Gasteiger partial charge is 0.271 e. The lowest BCUT2D eigenvalue weighted by Gasteiger charge is -2.29. The van der Waals surface area contributed by atoms with Gasteiger partial charge in [-0.3, -0.25) is 19.2 Å². The van der Waals surface area contributed by atoms with E-state index in [0.717, 1.165) is 29.4 Å². The second kappa shape index (κ2) is 18.7. The molecule has 1 heterocycles. The van der Waals surface area contributed by atoms with Crippen molar-refractivity contribution >= 4 is 53.1 Å². The summed E-state index contributed by atoms with van der Waals surface area (Å²) in [7, 11) is 1.78. The lowest BCUT2D eigenvalue weighted by Crippen LogP contribution is -2.49. The fourth-order valence-electron chi connectivity index (χ4n) is 4.94. The lowest BCUT2D eigenvalue weighted by molar-refractivity contribution is -0.141. The SMILES string of the molecule is CC[C@H](C)CC(=O)N/C(=C/c1ccc(O)cc1)C(=O)N1CCCC1C(=O)N(C)CCSCc1cccc(CSCCC(C)=O)c1. The van der Waals surface area contributed by atoms with Crippen LogP contribution in [-0.2, 0) is 30.7 Å². The molecule has 0 spiro atoms. The highest BCUT2D eigenvalue weighted by Crippen LogP contribution is 2.23. The van der Waals surface area contributed by atoms with Crippen molar-refractivity contribution in [3.05, 3.63) is 70.9 Å². The van der Waals surface area contributed by atoms with E-state index in [1.165, 1.54) is 23.3 Å². The maximum Gasteiger partial charge on any atom is 0.271 e. The molecule has 2 aromatic rings. The number of rotatable bonds is 17. The zero-order chi connectivity index (χ0) is 32.8. The minimum atomic E-state index is -0.584. The highest BCUT2D eigenvalue weighted by Gasteiger charge is 2.37. The first-order valence-electron chi connectivity index (χ1n) is 15.7. The van der Waals surface area contributed by atoms with Crippen LogP contribution in [0.25, 0.3) is 6.08 Å². The van der Waals surface area contributed by atoms with E-state index in [0.29, 0.717) is 44.3 Å². The molecule has 1 fully saturated rings. The summed E-state index contributed by atoms with van der Waals surface area (Å²) in [6, 6.07) is 14.3. The molecule has 2 aromatic carbocycles. The third-order valence-corrected chi connectivity index (χ3v) is 9.85. The van der Waals surface area contributed by atoms with Crippen LogP contribution in [-0.4, -0.2) is 76.1 Å². The number of amides is 3. The molecule has 3 amide bonds. The van der Waals surface area contributed by atoms with Crippen molar-refractivity contribution in [3.8, 4) is 5.75 Å². The van der Waals surface area contributed by atoms with Gasteiger partial charge in [-0.25, -0.2) is 0 Å². The average molecular weight is 654 g/mol. The summed E-state index contributed by atoms with van der Waals surface area (Å²) in [5.41, 5.74) is 3.27. The number of Topliss-reactive ketones (excluding diaryl/α,β-unsaturated/α-hetero) is 1. The van der Waals surface area contributed by atoms with E-state index in [-0.39, 0.29) is 40.9 Å². The van der Waals surface area contributed by atoms with Crippen LogP contribution >= 0.6 is 23.5 Å². The van der Waals surface area contributed by atoms with Gasteiger partial charge in [0.1, 0.15) is 23.3 Å². The maximum absolute atomic E-state index is 13.8. The van der Waals surface area contributed by atoms with Crippen LogP contribution in [0.1, 0.15) is 69.6 Å². The second-order valence-corrected chi connectivity index (χ2v) is 13.9. The first-order chi connectivity index (χ1) is 21.6. The molecule has 45 heavy (non-hydrogen) atoms. The van der Waals surface area contributed by atoms with Gasteiger partial charge in [0.15, 0.2) is 0 Å². The zero-order valence-corrected chi connectivity index (χ0v) is 28.6. The highest BCUT2D eigenvalue weighted by atomic mass is 32.2. The summed E-state index contributed by atoms with van der Waals surface area (Å²) in [6.45, 7) is 6.63. The summed E-state index contributed by atoms with van der Waals surface area (Å²) >= 11 is 3.53. The fourth-order valence-corrected chi connectivity index (χ4v) is 6.90. The van der Waals surface area contributed by atoms with Crippen molar-refractivity contribution in [3.63, 3.8) is 0 Å². The number of carbonyl (C=O) groups is 4. The van der Waals surface area contributed by atoms with Gasteiger partial charge >= 0.3 is 0 Å². The molecule has 244 valence electrons. The maximum atomic E-state index is 13.8.